The number of H-pyrrole nitrogens is 1. The van der Waals surface area contributed by atoms with E-state index in [1.54, 1.807) is 7.05 Å². The fourth-order valence-corrected chi connectivity index (χ4v) is 1.81. The molecule has 0 unspecified atom stereocenters. The molecular formula is C10H8Cl2N4O3. The van der Waals surface area contributed by atoms with Crippen LogP contribution < -0.4 is 5.32 Å². The monoisotopic (exact) mass is 302 g/mol. The van der Waals surface area contributed by atoms with Crippen LogP contribution in [0.25, 0.3) is 0 Å². The van der Waals surface area contributed by atoms with Gasteiger partial charge in [0.25, 0.3) is 5.91 Å². The lowest BCUT2D eigenvalue weighted by Crippen LogP contribution is -2.15. The van der Waals surface area contributed by atoms with Crippen LogP contribution >= 0.6 is 23.2 Å². The number of hydrogen-bond donors (Lipinski definition) is 3. The summed E-state index contributed by atoms with van der Waals surface area (Å²) in [5.74, 6) is -1.58. The Kier molecular flexibility index (Phi) is 3.50. The smallest absolute Gasteiger partial charge is 0.353 e. The quantitative estimate of drug-likeness (QED) is 0.807. The fourth-order valence-electron chi connectivity index (χ4n) is 1.44. The summed E-state index contributed by atoms with van der Waals surface area (Å²) >= 11 is 11.6. The van der Waals surface area contributed by atoms with Gasteiger partial charge < -0.3 is 15.0 Å². The Labute approximate surface area is 117 Å². The van der Waals surface area contributed by atoms with Gasteiger partial charge in [0.05, 0.1) is 5.02 Å². The zero-order chi connectivity index (χ0) is 14.2. The second kappa shape index (κ2) is 4.94. The maximum Gasteiger partial charge on any atom is 0.353 e. The second-order valence-corrected chi connectivity index (χ2v) is 4.42. The summed E-state index contributed by atoms with van der Waals surface area (Å²) in [5, 5.41) is 17.5. The van der Waals surface area contributed by atoms with E-state index in [2.05, 4.69) is 15.5 Å². The molecule has 0 saturated heterocycles. The number of anilines is 1. The molecule has 100 valence electrons. The van der Waals surface area contributed by atoms with Crippen LogP contribution in [-0.2, 0) is 7.05 Å². The zero-order valence-corrected chi connectivity index (χ0v) is 11.1. The molecule has 0 saturated carbocycles. The van der Waals surface area contributed by atoms with Crippen LogP contribution in [0.4, 0.5) is 5.82 Å². The molecule has 0 atom stereocenters. The Morgan fingerprint density at radius 2 is 2.11 bits per heavy atom. The number of aromatic amines is 1. The summed E-state index contributed by atoms with van der Waals surface area (Å²) in [6.45, 7) is 0. The van der Waals surface area contributed by atoms with Crippen molar-refractivity contribution in [2.45, 2.75) is 0 Å². The highest BCUT2D eigenvalue weighted by Gasteiger charge is 2.17. The largest absolute Gasteiger partial charge is 0.477 e. The van der Waals surface area contributed by atoms with Gasteiger partial charge in [-0.3, -0.25) is 9.89 Å². The molecule has 2 rings (SSSR count). The minimum atomic E-state index is -1.17. The molecule has 0 radical (unpaired) electrons. The highest BCUT2D eigenvalue weighted by Crippen LogP contribution is 2.25. The molecule has 1 amide bonds. The number of aromatic nitrogens is 3. The molecule has 19 heavy (non-hydrogen) atoms. The van der Waals surface area contributed by atoms with E-state index in [-0.39, 0.29) is 27.4 Å². The van der Waals surface area contributed by atoms with Crippen molar-refractivity contribution in [3.05, 3.63) is 33.7 Å². The van der Waals surface area contributed by atoms with E-state index in [9.17, 15) is 9.59 Å². The highest BCUT2D eigenvalue weighted by atomic mass is 35.5. The molecule has 7 nitrogen and oxygen atoms in total. The van der Waals surface area contributed by atoms with Crippen molar-refractivity contribution in [2.75, 3.05) is 5.32 Å². The summed E-state index contributed by atoms with van der Waals surface area (Å²) in [7, 11) is 1.58. The van der Waals surface area contributed by atoms with Crippen LogP contribution in [0.3, 0.4) is 0 Å². The Morgan fingerprint density at radius 1 is 1.42 bits per heavy atom. The van der Waals surface area contributed by atoms with Gasteiger partial charge in [0, 0.05) is 13.1 Å². The van der Waals surface area contributed by atoms with Crippen LogP contribution in [0, 0.1) is 0 Å². The van der Waals surface area contributed by atoms with Gasteiger partial charge in [-0.1, -0.05) is 23.2 Å². The van der Waals surface area contributed by atoms with Crippen molar-refractivity contribution in [3.8, 4) is 0 Å². The lowest BCUT2D eigenvalue weighted by atomic mass is 10.4. The third-order valence-corrected chi connectivity index (χ3v) is 3.24. The van der Waals surface area contributed by atoms with E-state index >= 15 is 0 Å². The van der Waals surface area contributed by atoms with Gasteiger partial charge in [0.15, 0.2) is 5.82 Å². The molecule has 2 heterocycles. The number of amides is 1. The standard InChI is InChI=1S/C10H8Cl2N4O3/c1-16-6(2-4(11)8(16)12)9(17)13-7-3-5(10(18)19)14-15-7/h2-3H,1H3,(H,18,19)(H2,13,14,15,17). The van der Waals surface area contributed by atoms with Gasteiger partial charge >= 0.3 is 5.97 Å². The summed E-state index contributed by atoms with van der Waals surface area (Å²) < 4.78 is 1.41. The molecule has 0 fully saturated rings. The first kappa shape index (κ1) is 13.4. The molecule has 2 aromatic heterocycles. The number of carboxylic acids is 1. The molecule has 0 bridgehead atoms. The number of nitrogens with zero attached hydrogens (tertiary/aromatic N) is 2. The van der Waals surface area contributed by atoms with Crippen molar-refractivity contribution in [1.29, 1.82) is 0 Å². The number of nitrogens with one attached hydrogen (secondary N) is 2. The predicted molar refractivity (Wildman–Crippen MR) is 68.9 cm³/mol. The minimum Gasteiger partial charge on any atom is -0.477 e. The highest BCUT2D eigenvalue weighted by molar-refractivity contribution is 6.42. The van der Waals surface area contributed by atoms with Crippen molar-refractivity contribution in [3.63, 3.8) is 0 Å². The number of aromatic carboxylic acids is 1. The van der Waals surface area contributed by atoms with Crippen LogP contribution in [0.2, 0.25) is 10.2 Å². The lowest BCUT2D eigenvalue weighted by molar-refractivity contribution is 0.0690. The zero-order valence-electron chi connectivity index (χ0n) is 9.57. The maximum absolute atomic E-state index is 11.9. The first-order valence-corrected chi connectivity index (χ1v) is 5.76. The van der Waals surface area contributed by atoms with Crippen molar-refractivity contribution < 1.29 is 14.7 Å². The normalized spacial score (nSPS) is 10.5. The van der Waals surface area contributed by atoms with Crippen molar-refractivity contribution >= 4 is 40.9 Å². The Hall–Kier alpha value is -1.99. The average Bonchev–Trinajstić information content (AvgIpc) is 2.90. The second-order valence-electron chi connectivity index (χ2n) is 3.65. The third kappa shape index (κ3) is 2.56. The molecular weight excluding hydrogens is 295 g/mol. The fraction of sp³-hybridized carbons (Fsp3) is 0.100. The number of carboxylic acid groups (broad SMARTS) is 1. The number of halogens is 2. The van der Waals surface area contributed by atoms with Crippen LogP contribution in [0.1, 0.15) is 21.0 Å². The number of carbonyl (C=O) groups excluding carboxylic acids is 1. The van der Waals surface area contributed by atoms with Gasteiger partial charge in [0.2, 0.25) is 0 Å². The van der Waals surface area contributed by atoms with E-state index in [0.717, 1.165) is 0 Å². The minimum absolute atomic E-state index is 0.0934. The molecule has 0 aliphatic carbocycles. The molecule has 2 aromatic rings. The van der Waals surface area contributed by atoms with Crippen LogP contribution in [0.15, 0.2) is 12.1 Å². The van der Waals surface area contributed by atoms with Gasteiger partial charge in [-0.05, 0) is 6.07 Å². The molecule has 0 aliphatic rings. The lowest BCUT2D eigenvalue weighted by Gasteiger charge is -2.03. The molecule has 0 aliphatic heterocycles. The topological polar surface area (TPSA) is 100 Å². The summed E-state index contributed by atoms with van der Waals surface area (Å²) in [5.41, 5.74) is 0.105. The SMILES string of the molecule is Cn1c(C(=O)Nc2cc(C(=O)O)[nH]n2)cc(Cl)c1Cl. The van der Waals surface area contributed by atoms with E-state index in [1.807, 2.05) is 0 Å². The maximum atomic E-state index is 11.9. The predicted octanol–water partition coefficient (Wildman–Crippen LogP) is 2.01. The molecule has 9 heteroatoms. The van der Waals surface area contributed by atoms with Crippen molar-refractivity contribution in [2.24, 2.45) is 7.05 Å². The van der Waals surface area contributed by atoms with E-state index in [0.29, 0.717) is 0 Å². The molecule has 0 aromatic carbocycles. The first-order valence-electron chi connectivity index (χ1n) is 5.01. The Balaban J connectivity index is 2.20. The van der Waals surface area contributed by atoms with Crippen LogP contribution in [-0.4, -0.2) is 31.7 Å². The number of carbonyl (C=O) groups is 2. The van der Waals surface area contributed by atoms with Gasteiger partial charge in [-0.15, -0.1) is 0 Å². The van der Waals surface area contributed by atoms with E-state index < -0.39 is 11.9 Å². The summed E-state index contributed by atoms with van der Waals surface area (Å²) in [6, 6.07) is 2.61. The molecule has 0 spiro atoms. The van der Waals surface area contributed by atoms with E-state index in [4.69, 9.17) is 28.3 Å². The van der Waals surface area contributed by atoms with E-state index in [1.165, 1.54) is 16.7 Å². The Bertz CT molecular complexity index is 662. The van der Waals surface area contributed by atoms with Gasteiger partial charge in [0.1, 0.15) is 16.5 Å². The summed E-state index contributed by atoms with van der Waals surface area (Å²) in [6.07, 6.45) is 0. The molecule has 3 N–H and O–H groups in total. The summed E-state index contributed by atoms with van der Waals surface area (Å²) in [4.78, 5) is 22.6. The number of rotatable bonds is 3. The van der Waals surface area contributed by atoms with Crippen LogP contribution in [0.5, 0.6) is 0 Å². The van der Waals surface area contributed by atoms with Gasteiger partial charge in [-0.2, -0.15) is 5.10 Å². The third-order valence-electron chi connectivity index (χ3n) is 2.40. The Morgan fingerprint density at radius 3 is 2.58 bits per heavy atom. The average molecular weight is 303 g/mol. The first-order chi connectivity index (χ1) is 8.90. The number of hydrogen-bond acceptors (Lipinski definition) is 3. The van der Waals surface area contributed by atoms with Crippen molar-refractivity contribution in [1.82, 2.24) is 14.8 Å². The van der Waals surface area contributed by atoms with Gasteiger partial charge in [-0.25, -0.2) is 4.79 Å².